The zero-order valence-corrected chi connectivity index (χ0v) is 10.4. The maximum absolute atomic E-state index is 5.97. The van der Waals surface area contributed by atoms with Crippen molar-refractivity contribution in [3.8, 4) is 0 Å². The highest BCUT2D eigenvalue weighted by molar-refractivity contribution is 5.05. The van der Waals surface area contributed by atoms with Gasteiger partial charge in [0.25, 0.3) is 0 Å². The van der Waals surface area contributed by atoms with Crippen LogP contribution in [0.3, 0.4) is 0 Å². The second-order valence-electron chi connectivity index (χ2n) is 5.28. The Morgan fingerprint density at radius 3 is 2.94 bits per heavy atom. The minimum atomic E-state index is 0.0863. The van der Waals surface area contributed by atoms with E-state index in [4.69, 9.17) is 5.73 Å². The topological polar surface area (TPSA) is 43.8 Å². The molecule has 1 aliphatic carbocycles. The lowest BCUT2D eigenvalue weighted by atomic mass is 10.0. The van der Waals surface area contributed by atoms with Crippen LogP contribution in [0.4, 0.5) is 0 Å². The molecule has 90 valence electrons. The molecule has 3 atom stereocenters. The summed E-state index contributed by atoms with van der Waals surface area (Å²) in [6.07, 6.45) is 10.5. The first kappa shape index (κ1) is 11.6. The lowest BCUT2D eigenvalue weighted by Crippen LogP contribution is -2.16. The Morgan fingerprint density at radius 2 is 2.19 bits per heavy atom. The number of nitrogens with two attached hydrogens (primary N) is 1. The van der Waals surface area contributed by atoms with E-state index in [2.05, 4.69) is 16.5 Å². The largest absolute Gasteiger partial charge is 0.330 e. The molecule has 1 aliphatic rings. The molecule has 0 bridgehead atoms. The van der Waals surface area contributed by atoms with Gasteiger partial charge >= 0.3 is 0 Å². The van der Waals surface area contributed by atoms with Gasteiger partial charge in [0.15, 0.2) is 0 Å². The summed E-state index contributed by atoms with van der Waals surface area (Å²) in [5.74, 6) is 0.882. The fourth-order valence-corrected chi connectivity index (χ4v) is 2.72. The van der Waals surface area contributed by atoms with E-state index >= 15 is 0 Å². The molecule has 3 heteroatoms. The molecular formula is C13H23N3. The number of aromatic nitrogens is 2. The van der Waals surface area contributed by atoms with Gasteiger partial charge in [0, 0.05) is 18.3 Å². The van der Waals surface area contributed by atoms with Gasteiger partial charge in [-0.2, -0.15) is 0 Å². The zero-order chi connectivity index (χ0) is 11.5. The second kappa shape index (κ2) is 5.00. The van der Waals surface area contributed by atoms with Crippen LogP contribution in [-0.2, 0) is 0 Å². The van der Waals surface area contributed by atoms with Gasteiger partial charge in [-0.25, -0.2) is 4.98 Å². The lowest BCUT2D eigenvalue weighted by Gasteiger charge is -2.20. The Bertz CT molecular complexity index is 330. The Hall–Kier alpha value is -0.830. The summed E-state index contributed by atoms with van der Waals surface area (Å²) in [7, 11) is 0. The van der Waals surface area contributed by atoms with Crippen molar-refractivity contribution >= 4 is 0 Å². The summed E-state index contributed by atoms with van der Waals surface area (Å²) in [6.45, 7) is 4.40. The van der Waals surface area contributed by atoms with Gasteiger partial charge in [0.05, 0.1) is 12.0 Å². The van der Waals surface area contributed by atoms with Crippen molar-refractivity contribution in [3.63, 3.8) is 0 Å². The van der Waals surface area contributed by atoms with E-state index < -0.39 is 0 Å². The second-order valence-corrected chi connectivity index (χ2v) is 5.28. The molecule has 1 heterocycles. The third-order valence-corrected chi connectivity index (χ3v) is 3.78. The highest BCUT2D eigenvalue weighted by Gasteiger charge is 2.20. The Kier molecular flexibility index (Phi) is 3.64. The quantitative estimate of drug-likeness (QED) is 0.780. The molecule has 2 N–H and O–H groups in total. The predicted molar refractivity (Wildman–Crippen MR) is 66.1 cm³/mol. The number of nitrogens with zero attached hydrogens (tertiary/aromatic N) is 2. The van der Waals surface area contributed by atoms with E-state index in [-0.39, 0.29) is 6.04 Å². The maximum Gasteiger partial charge on any atom is 0.0951 e. The Labute approximate surface area is 98.1 Å². The van der Waals surface area contributed by atoms with Crippen LogP contribution < -0.4 is 5.73 Å². The van der Waals surface area contributed by atoms with Gasteiger partial charge in [0.2, 0.25) is 0 Å². The molecule has 2 rings (SSSR count). The minimum Gasteiger partial charge on any atom is -0.330 e. The third kappa shape index (κ3) is 2.46. The highest BCUT2D eigenvalue weighted by Crippen LogP contribution is 2.31. The first-order valence-electron chi connectivity index (χ1n) is 6.45. The molecule has 1 aromatic rings. The van der Waals surface area contributed by atoms with Crippen molar-refractivity contribution in [1.82, 2.24) is 9.55 Å². The standard InChI is InChI=1S/C13H23N3/c1-10-4-3-5-12(7-6-10)16-9-15-8-13(16)11(2)14/h8-12H,3-7,14H2,1-2H3. The van der Waals surface area contributed by atoms with Gasteiger partial charge in [-0.05, 0) is 32.1 Å². The van der Waals surface area contributed by atoms with Crippen LogP contribution in [0.2, 0.25) is 0 Å². The summed E-state index contributed by atoms with van der Waals surface area (Å²) >= 11 is 0. The molecule has 0 radical (unpaired) electrons. The zero-order valence-electron chi connectivity index (χ0n) is 10.4. The summed E-state index contributed by atoms with van der Waals surface area (Å²) in [5, 5.41) is 0. The molecule has 16 heavy (non-hydrogen) atoms. The number of imidazole rings is 1. The van der Waals surface area contributed by atoms with E-state index in [1.54, 1.807) is 0 Å². The van der Waals surface area contributed by atoms with Crippen molar-refractivity contribution in [3.05, 3.63) is 18.2 Å². The summed E-state index contributed by atoms with van der Waals surface area (Å²) in [6, 6.07) is 0.705. The molecule has 0 aromatic carbocycles. The van der Waals surface area contributed by atoms with E-state index in [9.17, 15) is 0 Å². The normalized spacial score (nSPS) is 28.7. The van der Waals surface area contributed by atoms with Crippen LogP contribution in [0.5, 0.6) is 0 Å². The maximum atomic E-state index is 5.97. The summed E-state index contributed by atoms with van der Waals surface area (Å²) in [5.41, 5.74) is 7.15. The minimum absolute atomic E-state index is 0.0863. The predicted octanol–water partition coefficient (Wildman–Crippen LogP) is 3.04. The van der Waals surface area contributed by atoms with Crippen LogP contribution in [-0.4, -0.2) is 9.55 Å². The van der Waals surface area contributed by atoms with E-state index in [0.29, 0.717) is 6.04 Å². The van der Waals surface area contributed by atoms with Gasteiger partial charge in [-0.3, -0.25) is 0 Å². The van der Waals surface area contributed by atoms with Crippen molar-refractivity contribution in [2.24, 2.45) is 11.7 Å². The third-order valence-electron chi connectivity index (χ3n) is 3.78. The van der Waals surface area contributed by atoms with E-state index in [1.165, 1.54) is 37.8 Å². The highest BCUT2D eigenvalue weighted by atomic mass is 15.1. The van der Waals surface area contributed by atoms with Crippen LogP contribution >= 0.6 is 0 Å². The number of rotatable bonds is 2. The summed E-state index contributed by atoms with van der Waals surface area (Å²) in [4.78, 5) is 4.25. The molecule has 0 aliphatic heterocycles. The van der Waals surface area contributed by atoms with Crippen molar-refractivity contribution in [2.45, 2.75) is 58.0 Å². The number of hydrogen-bond donors (Lipinski definition) is 1. The van der Waals surface area contributed by atoms with Gasteiger partial charge in [0.1, 0.15) is 0 Å². The molecule has 0 amide bonds. The van der Waals surface area contributed by atoms with Gasteiger partial charge in [-0.15, -0.1) is 0 Å². The molecule has 0 saturated heterocycles. The SMILES string of the molecule is CC1CCCC(n2cncc2C(C)N)CC1. The van der Waals surface area contributed by atoms with Gasteiger partial charge in [-0.1, -0.05) is 19.8 Å². The van der Waals surface area contributed by atoms with Crippen molar-refractivity contribution < 1.29 is 0 Å². The van der Waals surface area contributed by atoms with Crippen LogP contribution in [0, 0.1) is 5.92 Å². The molecule has 1 saturated carbocycles. The monoisotopic (exact) mass is 221 g/mol. The Morgan fingerprint density at radius 1 is 1.38 bits per heavy atom. The molecular weight excluding hydrogens is 198 g/mol. The Balaban J connectivity index is 2.13. The summed E-state index contributed by atoms with van der Waals surface area (Å²) < 4.78 is 2.31. The first-order valence-corrected chi connectivity index (χ1v) is 6.45. The molecule has 1 aromatic heterocycles. The van der Waals surface area contributed by atoms with Crippen molar-refractivity contribution in [2.75, 3.05) is 0 Å². The van der Waals surface area contributed by atoms with Crippen LogP contribution in [0.15, 0.2) is 12.5 Å². The smallest absolute Gasteiger partial charge is 0.0951 e. The molecule has 3 unspecified atom stereocenters. The molecule has 0 spiro atoms. The average molecular weight is 221 g/mol. The van der Waals surface area contributed by atoms with Crippen LogP contribution in [0.25, 0.3) is 0 Å². The number of hydrogen-bond acceptors (Lipinski definition) is 2. The van der Waals surface area contributed by atoms with Gasteiger partial charge < -0.3 is 10.3 Å². The molecule has 1 fully saturated rings. The fraction of sp³-hybridized carbons (Fsp3) is 0.769. The first-order chi connectivity index (χ1) is 7.68. The lowest BCUT2D eigenvalue weighted by molar-refractivity contribution is 0.416. The molecule has 3 nitrogen and oxygen atoms in total. The fourth-order valence-electron chi connectivity index (χ4n) is 2.72. The van der Waals surface area contributed by atoms with Crippen LogP contribution in [0.1, 0.15) is 63.7 Å². The van der Waals surface area contributed by atoms with Crippen molar-refractivity contribution in [1.29, 1.82) is 0 Å². The average Bonchev–Trinajstić information content (AvgIpc) is 2.63. The van der Waals surface area contributed by atoms with E-state index in [1.807, 2.05) is 19.4 Å². The van der Waals surface area contributed by atoms with E-state index in [0.717, 1.165) is 5.92 Å².